The fraction of sp³-hybridized carbons (Fsp3) is 0.368. The molecule has 8 nitrogen and oxygen atoms in total. The maximum Gasteiger partial charge on any atom is 0.224 e. The number of anilines is 2. The van der Waals surface area contributed by atoms with Crippen molar-refractivity contribution in [3.8, 4) is 5.75 Å². The summed E-state index contributed by atoms with van der Waals surface area (Å²) in [6.07, 6.45) is 2.44. The van der Waals surface area contributed by atoms with Gasteiger partial charge in [0.15, 0.2) is 17.5 Å². The quantitative estimate of drug-likeness (QED) is 0.560. The van der Waals surface area contributed by atoms with Crippen molar-refractivity contribution in [2.45, 2.75) is 25.8 Å². The lowest BCUT2D eigenvalue weighted by atomic mass is 10.0. The largest absolute Gasteiger partial charge is 0.496 e. The highest BCUT2D eigenvalue weighted by molar-refractivity contribution is 6.13. The number of ketones is 1. The van der Waals surface area contributed by atoms with E-state index in [0.29, 0.717) is 32.0 Å². The number of ether oxygens (including phenoxy) is 1. The summed E-state index contributed by atoms with van der Waals surface area (Å²) >= 11 is 0. The van der Waals surface area contributed by atoms with Gasteiger partial charge in [0.05, 0.1) is 12.7 Å². The number of methoxy groups -OCH3 is 1. The third-order valence-electron chi connectivity index (χ3n) is 4.91. The predicted octanol–water partition coefficient (Wildman–Crippen LogP) is 2.14. The highest BCUT2D eigenvalue weighted by Crippen LogP contribution is 2.29. The molecule has 2 heterocycles. The van der Waals surface area contributed by atoms with E-state index in [2.05, 4.69) is 15.3 Å². The second-order valence-electron chi connectivity index (χ2n) is 6.81. The number of carbonyl (C=O) groups excluding carboxylic acids is 2. The van der Waals surface area contributed by atoms with Crippen LogP contribution in [0.25, 0.3) is 0 Å². The van der Waals surface area contributed by atoms with Gasteiger partial charge in [-0.2, -0.15) is 4.98 Å². The van der Waals surface area contributed by atoms with Gasteiger partial charge < -0.3 is 20.7 Å². The second-order valence-corrected chi connectivity index (χ2v) is 6.81. The third-order valence-corrected chi connectivity index (χ3v) is 4.91. The van der Waals surface area contributed by atoms with E-state index in [0.717, 1.165) is 13.3 Å². The van der Waals surface area contributed by atoms with Crippen molar-refractivity contribution in [1.82, 2.24) is 14.9 Å². The van der Waals surface area contributed by atoms with Gasteiger partial charge in [-0.1, -0.05) is 0 Å². The van der Waals surface area contributed by atoms with E-state index in [9.17, 15) is 22.8 Å². The van der Waals surface area contributed by atoms with Crippen LogP contribution in [0.4, 0.5) is 24.9 Å². The van der Waals surface area contributed by atoms with Gasteiger partial charge in [0.1, 0.15) is 17.1 Å². The van der Waals surface area contributed by atoms with Crippen LogP contribution in [0.15, 0.2) is 12.3 Å². The Labute approximate surface area is 170 Å². The monoisotopic (exact) mass is 423 g/mol. The zero-order valence-electron chi connectivity index (χ0n) is 16.3. The summed E-state index contributed by atoms with van der Waals surface area (Å²) in [5, 5.41) is 3.08. The predicted molar refractivity (Wildman–Crippen MR) is 102 cm³/mol. The molecule has 0 unspecified atom stereocenters. The van der Waals surface area contributed by atoms with E-state index in [1.807, 2.05) is 0 Å². The number of carbonyl (C=O) groups is 2. The van der Waals surface area contributed by atoms with Crippen molar-refractivity contribution in [1.29, 1.82) is 0 Å². The van der Waals surface area contributed by atoms with E-state index in [1.165, 1.54) is 6.92 Å². The normalized spacial score (nSPS) is 14.5. The maximum absolute atomic E-state index is 14.2. The molecule has 0 radical (unpaired) electrons. The molecule has 0 spiro atoms. The summed E-state index contributed by atoms with van der Waals surface area (Å²) in [5.74, 6) is -6.58. The smallest absolute Gasteiger partial charge is 0.224 e. The number of amides is 1. The van der Waals surface area contributed by atoms with Crippen LogP contribution in [-0.2, 0) is 4.79 Å². The molecular formula is C19H20F3N5O3. The molecule has 0 saturated carbocycles. The topological polar surface area (TPSA) is 110 Å². The molecule has 1 aliphatic heterocycles. The Balaban J connectivity index is 1.80. The first-order valence-corrected chi connectivity index (χ1v) is 9.13. The summed E-state index contributed by atoms with van der Waals surface area (Å²) in [7, 11) is 1.09. The number of aromatic nitrogens is 2. The Morgan fingerprint density at radius 3 is 2.47 bits per heavy atom. The lowest BCUT2D eigenvalue weighted by molar-refractivity contribution is -0.129. The molecule has 1 fully saturated rings. The molecule has 0 aliphatic carbocycles. The van der Waals surface area contributed by atoms with Gasteiger partial charge in [0.25, 0.3) is 0 Å². The fourth-order valence-electron chi connectivity index (χ4n) is 3.24. The molecule has 11 heteroatoms. The molecule has 30 heavy (non-hydrogen) atoms. The van der Waals surface area contributed by atoms with Gasteiger partial charge in [-0.05, 0) is 12.8 Å². The number of likely N-dealkylation sites (tertiary alicyclic amines) is 1. The van der Waals surface area contributed by atoms with Gasteiger partial charge in [-0.25, -0.2) is 18.2 Å². The number of nitrogens with two attached hydrogens (primary N) is 1. The van der Waals surface area contributed by atoms with E-state index < -0.39 is 34.5 Å². The lowest BCUT2D eigenvalue weighted by Gasteiger charge is -2.31. The van der Waals surface area contributed by atoms with Crippen molar-refractivity contribution >= 4 is 23.5 Å². The zero-order valence-corrected chi connectivity index (χ0v) is 16.3. The van der Waals surface area contributed by atoms with Crippen LogP contribution in [0.2, 0.25) is 0 Å². The van der Waals surface area contributed by atoms with Crippen molar-refractivity contribution in [2.24, 2.45) is 0 Å². The number of benzene rings is 1. The van der Waals surface area contributed by atoms with Gasteiger partial charge >= 0.3 is 0 Å². The minimum atomic E-state index is -1.80. The first-order chi connectivity index (χ1) is 14.2. The van der Waals surface area contributed by atoms with Gasteiger partial charge in [-0.15, -0.1) is 0 Å². The first-order valence-electron chi connectivity index (χ1n) is 9.13. The number of hydrogen-bond donors (Lipinski definition) is 2. The van der Waals surface area contributed by atoms with Gasteiger partial charge in [-0.3, -0.25) is 9.59 Å². The highest BCUT2D eigenvalue weighted by Gasteiger charge is 2.28. The van der Waals surface area contributed by atoms with Crippen LogP contribution in [0.3, 0.4) is 0 Å². The number of nitrogen functional groups attached to an aromatic ring is 1. The van der Waals surface area contributed by atoms with Crippen LogP contribution in [0.5, 0.6) is 5.75 Å². The Bertz CT molecular complexity index is 994. The molecule has 0 atom stereocenters. The summed E-state index contributed by atoms with van der Waals surface area (Å²) in [6, 6.07) is 0.580. The zero-order chi connectivity index (χ0) is 22.0. The SMILES string of the molecule is COc1cc(F)c(F)c(F)c1C(=O)c1cnc(NC2CCN(C(C)=O)CC2)nc1N. The van der Waals surface area contributed by atoms with E-state index in [1.54, 1.807) is 4.90 Å². The number of halogens is 3. The molecule has 3 N–H and O–H groups in total. The summed E-state index contributed by atoms with van der Waals surface area (Å²) < 4.78 is 46.1. The highest BCUT2D eigenvalue weighted by atomic mass is 19.2. The molecule has 1 saturated heterocycles. The third kappa shape index (κ3) is 4.14. The molecule has 160 valence electrons. The maximum atomic E-state index is 14.2. The first kappa shape index (κ1) is 21.3. The van der Waals surface area contributed by atoms with Crippen LogP contribution in [0, 0.1) is 17.5 Å². The lowest BCUT2D eigenvalue weighted by Crippen LogP contribution is -2.41. The average Bonchev–Trinajstić information content (AvgIpc) is 2.71. The number of piperidine rings is 1. The van der Waals surface area contributed by atoms with Crippen molar-refractivity contribution in [2.75, 3.05) is 31.2 Å². The summed E-state index contributed by atoms with van der Waals surface area (Å²) in [5.41, 5.74) is 4.76. The Morgan fingerprint density at radius 2 is 1.90 bits per heavy atom. The second kappa shape index (κ2) is 8.56. The summed E-state index contributed by atoms with van der Waals surface area (Å²) in [4.78, 5) is 33.9. The number of nitrogens with one attached hydrogen (secondary N) is 1. The van der Waals surface area contributed by atoms with Gasteiger partial charge in [0.2, 0.25) is 17.6 Å². The Kier molecular flexibility index (Phi) is 6.09. The molecule has 1 aliphatic rings. The molecule has 1 aromatic carbocycles. The molecule has 2 aromatic rings. The minimum Gasteiger partial charge on any atom is -0.496 e. The molecule has 1 aromatic heterocycles. The standard InChI is InChI=1S/C19H20F3N5O3/c1-9(28)27-5-3-10(4-6-27)25-19-24-8-11(18(23)26-19)17(29)14-13(30-2)7-12(20)15(21)16(14)22/h7-8,10H,3-6H2,1-2H3,(H3,23,24,25,26). The van der Waals surface area contributed by atoms with E-state index in [4.69, 9.17) is 10.5 Å². The molecular weight excluding hydrogens is 403 g/mol. The molecule has 1 amide bonds. The van der Waals surface area contributed by atoms with Crippen LogP contribution < -0.4 is 15.8 Å². The van der Waals surface area contributed by atoms with Crippen LogP contribution in [-0.4, -0.2) is 52.8 Å². The molecule has 0 bridgehead atoms. The van der Waals surface area contributed by atoms with Crippen molar-refractivity contribution in [3.63, 3.8) is 0 Å². The van der Waals surface area contributed by atoms with Crippen LogP contribution >= 0.6 is 0 Å². The molecule has 3 rings (SSSR count). The van der Waals surface area contributed by atoms with Gasteiger partial charge in [0, 0.05) is 38.3 Å². The number of hydrogen-bond acceptors (Lipinski definition) is 7. The van der Waals surface area contributed by atoms with Crippen LogP contribution in [0.1, 0.15) is 35.7 Å². The average molecular weight is 423 g/mol. The number of nitrogens with zero attached hydrogens (tertiary/aromatic N) is 3. The van der Waals surface area contributed by atoms with E-state index in [-0.39, 0.29) is 29.3 Å². The Morgan fingerprint density at radius 1 is 1.23 bits per heavy atom. The number of rotatable bonds is 5. The van der Waals surface area contributed by atoms with Crippen molar-refractivity contribution in [3.05, 3.63) is 40.8 Å². The van der Waals surface area contributed by atoms with Crippen molar-refractivity contribution < 1.29 is 27.5 Å². The minimum absolute atomic E-state index is 0.00489. The Hall–Kier alpha value is -3.37. The fourth-order valence-corrected chi connectivity index (χ4v) is 3.24. The van der Waals surface area contributed by atoms with E-state index >= 15 is 0 Å². The summed E-state index contributed by atoms with van der Waals surface area (Å²) in [6.45, 7) is 2.70.